The Hall–Kier alpha value is -6.59. The number of hydrogen-bond donors (Lipinski definition) is 0. The summed E-state index contributed by atoms with van der Waals surface area (Å²) in [6, 6.07) is 51.7. The van der Waals surface area contributed by atoms with Crippen LogP contribution in [0.5, 0.6) is 0 Å². The number of furan rings is 2. The first-order chi connectivity index (χ1) is 23.8. The van der Waals surface area contributed by atoms with E-state index in [2.05, 4.69) is 78.9 Å². The summed E-state index contributed by atoms with van der Waals surface area (Å²) in [4.78, 5) is 15.2. The molecule has 0 aliphatic carbocycles. The Morgan fingerprint density at radius 3 is 1.79 bits per heavy atom. The number of fused-ring (bicyclic) bond motifs is 7. The van der Waals surface area contributed by atoms with Crippen molar-refractivity contribution >= 4 is 54.6 Å². The minimum Gasteiger partial charge on any atom is -0.456 e. The van der Waals surface area contributed by atoms with Crippen molar-refractivity contribution in [2.75, 3.05) is 0 Å². The molecule has 5 nitrogen and oxygen atoms in total. The molecule has 0 bridgehead atoms. The van der Waals surface area contributed by atoms with Gasteiger partial charge in [-0.2, -0.15) is 0 Å². The Labute approximate surface area is 274 Å². The molecular weight excluding hydrogens is 590 g/mol. The van der Waals surface area contributed by atoms with Gasteiger partial charge >= 0.3 is 0 Å². The van der Waals surface area contributed by atoms with Crippen molar-refractivity contribution in [2.45, 2.75) is 0 Å². The van der Waals surface area contributed by atoms with Crippen LogP contribution in [0.4, 0.5) is 0 Å². The molecule has 0 aliphatic heterocycles. The second-order valence-corrected chi connectivity index (χ2v) is 12.0. The lowest BCUT2D eigenvalue weighted by molar-refractivity contribution is 0.668. The lowest BCUT2D eigenvalue weighted by Gasteiger charge is -2.10. The maximum absolute atomic E-state index is 6.49. The van der Waals surface area contributed by atoms with Crippen LogP contribution < -0.4 is 0 Å². The van der Waals surface area contributed by atoms with Gasteiger partial charge in [-0.1, -0.05) is 115 Å². The van der Waals surface area contributed by atoms with E-state index in [0.717, 1.165) is 71.7 Å². The van der Waals surface area contributed by atoms with Crippen molar-refractivity contribution < 1.29 is 8.83 Å². The van der Waals surface area contributed by atoms with Gasteiger partial charge in [-0.05, 0) is 58.3 Å². The largest absolute Gasteiger partial charge is 0.456 e. The molecule has 0 saturated carbocycles. The second kappa shape index (κ2) is 10.5. The van der Waals surface area contributed by atoms with E-state index < -0.39 is 0 Å². The van der Waals surface area contributed by atoms with E-state index in [1.54, 1.807) is 0 Å². The summed E-state index contributed by atoms with van der Waals surface area (Å²) in [5, 5.41) is 6.54. The standard InChI is InChI=1S/C43H25N3O2/c1-2-11-27(12-3-1)41-44-42(30-22-23-33-32-14-6-7-17-35(32)47-38(33)25-30)46-43(45-41)34-16-9-19-37-40(34)39-31(15-8-18-36(39)48-37)29-21-20-26-10-4-5-13-28(26)24-29/h1-25H. The average molecular weight is 616 g/mol. The molecule has 0 atom stereocenters. The molecule has 0 N–H and O–H groups in total. The Kier molecular flexibility index (Phi) is 5.81. The summed E-state index contributed by atoms with van der Waals surface area (Å²) >= 11 is 0. The minimum absolute atomic E-state index is 0.570. The summed E-state index contributed by atoms with van der Waals surface area (Å²) in [5.74, 6) is 1.74. The zero-order valence-electron chi connectivity index (χ0n) is 25.6. The van der Waals surface area contributed by atoms with Crippen LogP contribution in [0.3, 0.4) is 0 Å². The zero-order chi connectivity index (χ0) is 31.6. The SMILES string of the molecule is c1ccc(-c2nc(-c3ccc4c(c3)oc3ccccc34)nc(-c3cccc4oc5cccc(-c6ccc7ccccc7c6)c5c34)n2)cc1. The number of nitrogens with zero attached hydrogens (tertiary/aromatic N) is 3. The van der Waals surface area contributed by atoms with Gasteiger partial charge in [-0.3, -0.25) is 0 Å². The molecule has 0 radical (unpaired) electrons. The topological polar surface area (TPSA) is 65.0 Å². The van der Waals surface area contributed by atoms with Crippen LogP contribution in [0.15, 0.2) is 160 Å². The number of hydrogen-bond acceptors (Lipinski definition) is 5. The normalized spacial score (nSPS) is 11.8. The van der Waals surface area contributed by atoms with Crippen molar-refractivity contribution in [3.8, 4) is 45.3 Å². The summed E-state index contributed by atoms with van der Waals surface area (Å²) < 4.78 is 12.7. The van der Waals surface area contributed by atoms with E-state index in [9.17, 15) is 0 Å². The highest BCUT2D eigenvalue weighted by Crippen LogP contribution is 2.42. The lowest BCUT2D eigenvalue weighted by Crippen LogP contribution is -2.00. The number of para-hydroxylation sites is 1. The predicted molar refractivity (Wildman–Crippen MR) is 194 cm³/mol. The van der Waals surface area contributed by atoms with Gasteiger partial charge in [0.1, 0.15) is 22.3 Å². The third-order valence-corrected chi connectivity index (χ3v) is 9.13. The van der Waals surface area contributed by atoms with Crippen molar-refractivity contribution in [2.24, 2.45) is 0 Å². The van der Waals surface area contributed by atoms with E-state index in [0.29, 0.717) is 17.5 Å². The van der Waals surface area contributed by atoms with Gasteiger partial charge in [0.2, 0.25) is 0 Å². The fourth-order valence-electron chi connectivity index (χ4n) is 6.86. The van der Waals surface area contributed by atoms with Gasteiger partial charge < -0.3 is 8.83 Å². The fourth-order valence-corrected chi connectivity index (χ4v) is 6.86. The molecule has 0 aliphatic rings. The number of aromatic nitrogens is 3. The molecule has 0 spiro atoms. The van der Waals surface area contributed by atoms with E-state index in [-0.39, 0.29) is 0 Å². The van der Waals surface area contributed by atoms with E-state index in [1.165, 1.54) is 10.8 Å². The molecule has 10 rings (SSSR count). The fraction of sp³-hybridized carbons (Fsp3) is 0. The van der Waals surface area contributed by atoms with Crippen LogP contribution in [-0.2, 0) is 0 Å². The number of rotatable bonds is 4. The monoisotopic (exact) mass is 615 g/mol. The maximum atomic E-state index is 6.49. The third kappa shape index (κ3) is 4.22. The zero-order valence-corrected chi connectivity index (χ0v) is 25.6. The van der Waals surface area contributed by atoms with Crippen LogP contribution >= 0.6 is 0 Å². The first-order valence-corrected chi connectivity index (χ1v) is 15.9. The Morgan fingerprint density at radius 1 is 0.333 bits per heavy atom. The van der Waals surface area contributed by atoms with Crippen molar-refractivity contribution in [3.63, 3.8) is 0 Å². The molecule has 0 saturated heterocycles. The average Bonchev–Trinajstić information content (AvgIpc) is 3.73. The van der Waals surface area contributed by atoms with Crippen molar-refractivity contribution in [1.29, 1.82) is 0 Å². The molecule has 7 aromatic carbocycles. The quantitative estimate of drug-likeness (QED) is 0.197. The summed E-state index contributed by atoms with van der Waals surface area (Å²) in [6.07, 6.45) is 0. The van der Waals surface area contributed by atoms with E-state index in [4.69, 9.17) is 23.8 Å². The summed E-state index contributed by atoms with van der Waals surface area (Å²) in [7, 11) is 0. The highest BCUT2D eigenvalue weighted by Gasteiger charge is 2.20. The highest BCUT2D eigenvalue weighted by atomic mass is 16.3. The molecule has 0 amide bonds. The summed E-state index contributed by atoms with van der Waals surface area (Å²) in [5.41, 5.74) is 8.10. The van der Waals surface area contributed by atoms with E-state index in [1.807, 2.05) is 72.8 Å². The smallest absolute Gasteiger partial charge is 0.164 e. The van der Waals surface area contributed by atoms with Crippen LogP contribution in [-0.4, -0.2) is 15.0 Å². The van der Waals surface area contributed by atoms with Crippen molar-refractivity contribution in [3.05, 3.63) is 152 Å². The summed E-state index contributed by atoms with van der Waals surface area (Å²) in [6.45, 7) is 0. The third-order valence-electron chi connectivity index (χ3n) is 9.13. The minimum atomic E-state index is 0.570. The Balaban J connectivity index is 1.22. The van der Waals surface area contributed by atoms with Gasteiger partial charge in [-0.25, -0.2) is 15.0 Å². The molecule has 224 valence electrons. The molecule has 10 aromatic rings. The highest BCUT2D eigenvalue weighted by molar-refractivity contribution is 6.17. The van der Waals surface area contributed by atoms with Crippen LogP contribution in [0.2, 0.25) is 0 Å². The molecular formula is C43H25N3O2. The molecule has 5 heteroatoms. The van der Waals surface area contributed by atoms with Gasteiger partial charge in [0.15, 0.2) is 17.5 Å². The van der Waals surface area contributed by atoms with Crippen LogP contribution in [0, 0.1) is 0 Å². The van der Waals surface area contributed by atoms with Crippen molar-refractivity contribution in [1.82, 2.24) is 15.0 Å². The lowest BCUT2D eigenvalue weighted by atomic mass is 9.95. The molecule has 3 heterocycles. The first kappa shape index (κ1) is 26.6. The van der Waals surface area contributed by atoms with Crippen LogP contribution in [0.1, 0.15) is 0 Å². The maximum Gasteiger partial charge on any atom is 0.164 e. The Morgan fingerprint density at radius 2 is 0.938 bits per heavy atom. The molecule has 3 aromatic heterocycles. The van der Waals surface area contributed by atoms with Crippen LogP contribution in [0.25, 0.3) is 99.9 Å². The molecule has 48 heavy (non-hydrogen) atoms. The first-order valence-electron chi connectivity index (χ1n) is 15.9. The Bertz CT molecular complexity index is 2850. The number of benzene rings is 7. The molecule has 0 unspecified atom stereocenters. The molecule has 0 fully saturated rings. The van der Waals surface area contributed by atoms with Gasteiger partial charge in [0.05, 0.1) is 0 Å². The van der Waals surface area contributed by atoms with E-state index >= 15 is 0 Å². The van der Waals surface area contributed by atoms with Gasteiger partial charge in [0, 0.05) is 38.2 Å². The van der Waals surface area contributed by atoms with Gasteiger partial charge in [0.25, 0.3) is 0 Å². The predicted octanol–water partition coefficient (Wildman–Crippen LogP) is 11.5. The van der Waals surface area contributed by atoms with Gasteiger partial charge in [-0.15, -0.1) is 0 Å². The second-order valence-electron chi connectivity index (χ2n) is 12.0.